The van der Waals surface area contributed by atoms with Crippen LogP contribution < -0.4 is 5.56 Å². The molecule has 0 amide bonds. The summed E-state index contributed by atoms with van der Waals surface area (Å²) in [6, 6.07) is 15.6. The van der Waals surface area contributed by atoms with E-state index in [1.165, 1.54) is 10.8 Å². The van der Waals surface area contributed by atoms with Crippen LogP contribution in [-0.2, 0) is 11.2 Å². The first-order chi connectivity index (χ1) is 13.6. The molecule has 2 aromatic carbocycles. The van der Waals surface area contributed by atoms with E-state index in [1.807, 2.05) is 67.5 Å². The standard InChI is InChI=1S/C22H21N3O3/c1-24(2)11-12-28-22(27)18-14-23-20-17-9-5-3-7-15(17)13-16-8-4-6-10-19(16)25(20)21(18)26/h3-10,14H,11-13H2,1-2H3. The van der Waals surface area contributed by atoms with Gasteiger partial charge in [0.1, 0.15) is 18.0 Å². The molecule has 0 unspecified atom stereocenters. The number of likely N-dealkylation sites (N-methyl/N-ethyl adjacent to an activating group) is 1. The first-order valence-electron chi connectivity index (χ1n) is 9.16. The van der Waals surface area contributed by atoms with E-state index in [9.17, 15) is 9.59 Å². The molecule has 0 saturated carbocycles. The zero-order chi connectivity index (χ0) is 19.7. The fourth-order valence-electron chi connectivity index (χ4n) is 3.38. The Morgan fingerprint density at radius 3 is 2.61 bits per heavy atom. The van der Waals surface area contributed by atoms with Gasteiger partial charge in [0.15, 0.2) is 0 Å². The van der Waals surface area contributed by atoms with Gasteiger partial charge < -0.3 is 9.64 Å². The Hall–Kier alpha value is -3.25. The molecule has 0 aliphatic carbocycles. The van der Waals surface area contributed by atoms with Crippen LogP contribution in [0.2, 0.25) is 0 Å². The van der Waals surface area contributed by atoms with Crippen molar-refractivity contribution in [2.45, 2.75) is 6.42 Å². The van der Waals surface area contributed by atoms with Crippen LogP contribution in [-0.4, -0.2) is 47.7 Å². The minimum Gasteiger partial charge on any atom is -0.461 e. The number of rotatable bonds is 4. The SMILES string of the molecule is CN(C)CCOC(=O)c1cnc2n(c1=O)-c1ccccc1Cc1ccccc1-2. The van der Waals surface area contributed by atoms with Crippen LogP contribution >= 0.6 is 0 Å². The molecule has 0 spiro atoms. The molecule has 6 nitrogen and oxygen atoms in total. The second-order valence-electron chi connectivity index (χ2n) is 7.04. The van der Waals surface area contributed by atoms with E-state index in [2.05, 4.69) is 4.98 Å². The van der Waals surface area contributed by atoms with E-state index in [1.54, 1.807) is 0 Å². The highest BCUT2D eigenvalue weighted by molar-refractivity contribution is 5.89. The van der Waals surface area contributed by atoms with Gasteiger partial charge in [0, 0.05) is 24.7 Å². The van der Waals surface area contributed by atoms with Crippen molar-refractivity contribution in [3.63, 3.8) is 0 Å². The quantitative estimate of drug-likeness (QED) is 0.513. The molecule has 1 aliphatic rings. The lowest BCUT2D eigenvalue weighted by molar-refractivity contribution is 0.0479. The Kier molecular flexibility index (Phi) is 4.79. The van der Waals surface area contributed by atoms with Crippen LogP contribution in [0.1, 0.15) is 21.5 Å². The molecule has 0 radical (unpaired) electrons. The number of fused-ring (bicyclic) bond motifs is 5. The first kappa shape index (κ1) is 18.1. The molecule has 1 aliphatic heterocycles. The summed E-state index contributed by atoms with van der Waals surface area (Å²) in [7, 11) is 3.78. The number of hydrogen-bond acceptors (Lipinski definition) is 5. The van der Waals surface area contributed by atoms with Crippen LogP contribution in [0.4, 0.5) is 0 Å². The molecule has 0 N–H and O–H groups in total. The van der Waals surface area contributed by atoms with Gasteiger partial charge in [0.25, 0.3) is 5.56 Å². The van der Waals surface area contributed by atoms with E-state index in [0.29, 0.717) is 18.8 Å². The van der Waals surface area contributed by atoms with Crippen molar-refractivity contribution in [2.75, 3.05) is 27.2 Å². The van der Waals surface area contributed by atoms with Crippen molar-refractivity contribution >= 4 is 5.97 Å². The zero-order valence-electron chi connectivity index (χ0n) is 15.9. The van der Waals surface area contributed by atoms with Crippen LogP contribution in [0.15, 0.2) is 59.5 Å². The summed E-state index contributed by atoms with van der Waals surface area (Å²) >= 11 is 0. The van der Waals surface area contributed by atoms with Crippen molar-refractivity contribution in [1.82, 2.24) is 14.5 Å². The van der Waals surface area contributed by atoms with Crippen LogP contribution in [0.25, 0.3) is 17.1 Å². The molecule has 0 fully saturated rings. The molecule has 2 heterocycles. The second-order valence-corrected chi connectivity index (χ2v) is 7.04. The van der Waals surface area contributed by atoms with Crippen molar-refractivity contribution in [2.24, 2.45) is 0 Å². The number of ether oxygens (including phenoxy) is 1. The monoisotopic (exact) mass is 375 g/mol. The van der Waals surface area contributed by atoms with Gasteiger partial charge in [-0.2, -0.15) is 0 Å². The Balaban J connectivity index is 1.86. The van der Waals surface area contributed by atoms with E-state index >= 15 is 0 Å². The third-order valence-electron chi connectivity index (χ3n) is 4.82. The minimum atomic E-state index is -0.648. The normalized spacial score (nSPS) is 12.0. The number of carbonyl (C=O) groups excluding carboxylic acids is 1. The van der Waals surface area contributed by atoms with Crippen LogP contribution in [0, 0.1) is 0 Å². The van der Waals surface area contributed by atoms with Crippen LogP contribution in [0.5, 0.6) is 0 Å². The second kappa shape index (κ2) is 7.40. The van der Waals surface area contributed by atoms with Crippen molar-refractivity contribution in [1.29, 1.82) is 0 Å². The summed E-state index contributed by atoms with van der Waals surface area (Å²) in [5.74, 6) is -0.111. The smallest absolute Gasteiger partial charge is 0.345 e. The van der Waals surface area contributed by atoms with Crippen LogP contribution in [0.3, 0.4) is 0 Å². The Bertz CT molecular complexity index is 1100. The molecule has 28 heavy (non-hydrogen) atoms. The highest BCUT2D eigenvalue weighted by Crippen LogP contribution is 2.31. The van der Waals surface area contributed by atoms with Gasteiger partial charge in [-0.05, 0) is 31.3 Å². The molecular formula is C22H21N3O3. The minimum absolute atomic E-state index is 0.0586. The van der Waals surface area contributed by atoms with Gasteiger partial charge in [0.2, 0.25) is 0 Å². The maximum absolute atomic E-state index is 13.3. The molecule has 0 atom stereocenters. The fourth-order valence-corrected chi connectivity index (χ4v) is 3.38. The topological polar surface area (TPSA) is 64.4 Å². The molecular weight excluding hydrogens is 354 g/mol. The average Bonchev–Trinajstić information content (AvgIpc) is 2.82. The molecule has 3 aromatic rings. The fraction of sp³-hybridized carbons (Fsp3) is 0.227. The summed E-state index contributed by atoms with van der Waals surface area (Å²) in [5, 5.41) is 0. The largest absolute Gasteiger partial charge is 0.461 e. The zero-order valence-corrected chi connectivity index (χ0v) is 15.9. The highest BCUT2D eigenvalue weighted by Gasteiger charge is 2.24. The third kappa shape index (κ3) is 3.23. The van der Waals surface area contributed by atoms with Gasteiger partial charge in [-0.25, -0.2) is 9.78 Å². The van der Waals surface area contributed by atoms with Crippen molar-refractivity contribution in [3.8, 4) is 17.1 Å². The summed E-state index contributed by atoms with van der Waals surface area (Å²) in [5.41, 5.74) is 3.27. The maximum Gasteiger partial charge on any atom is 0.345 e. The van der Waals surface area contributed by atoms with Crippen molar-refractivity contribution < 1.29 is 9.53 Å². The summed E-state index contributed by atoms with van der Waals surface area (Å²) in [6.07, 6.45) is 2.02. The summed E-state index contributed by atoms with van der Waals surface area (Å²) in [4.78, 5) is 32.2. The predicted octanol–water partition coefficient (Wildman–Crippen LogP) is 2.52. The Morgan fingerprint density at radius 2 is 1.82 bits per heavy atom. The lowest BCUT2D eigenvalue weighted by Gasteiger charge is -2.14. The van der Waals surface area contributed by atoms with Crippen molar-refractivity contribution in [3.05, 3.63) is 81.8 Å². The maximum atomic E-state index is 13.3. The Morgan fingerprint density at radius 1 is 1.11 bits per heavy atom. The van der Waals surface area contributed by atoms with Gasteiger partial charge >= 0.3 is 5.97 Å². The number of esters is 1. The van der Waals surface area contributed by atoms with Gasteiger partial charge in [-0.3, -0.25) is 9.36 Å². The number of para-hydroxylation sites is 1. The lowest BCUT2D eigenvalue weighted by Crippen LogP contribution is -2.29. The number of nitrogens with zero attached hydrogens (tertiary/aromatic N) is 3. The molecule has 6 heteroatoms. The number of carbonyl (C=O) groups is 1. The predicted molar refractivity (Wildman–Crippen MR) is 107 cm³/mol. The van der Waals surface area contributed by atoms with E-state index in [-0.39, 0.29) is 12.2 Å². The lowest BCUT2D eigenvalue weighted by atomic mass is 10.0. The first-order valence-corrected chi connectivity index (χ1v) is 9.16. The molecule has 1 aromatic heterocycles. The number of benzene rings is 2. The Labute approximate surface area is 163 Å². The highest BCUT2D eigenvalue weighted by atomic mass is 16.5. The van der Waals surface area contributed by atoms with Gasteiger partial charge in [0.05, 0.1) is 5.69 Å². The summed E-state index contributed by atoms with van der Waals surface area (Å²) < 4.78 is 6.80. The summed E-state index contributed by atoms with van der Waals surface area (Å²) in [6.45, 7) is 0.800. The molecule has 0 bridgehead atoms. The average molecular weight is 375 g/mol. The third-order valence-corrected chi connectivity index (χ3v) is 4.82. The number of hydrogen-bond donors (Lipinski definition) is 0. The van der Waals surface area contributed by atoms with E-state index < -0.39 is 11.5 Å². The molecule has 0 saturated heterocycles. The number of aromatic nitrogens is 2. The molecule has 4 rings (SSSR count). The van der Waals surface area contributed by atoms with E-state index in [4.69, 9.17) is 4.74 Å². The van der Waals surface area contributed by atoms with Gasteiger partial charge in [-0.15, -0.1) is 0 Å². The van der Waals surface area contributed by atoms with Gasteiger partial charge in [-0.1, -0.05) is 42.5 Å². The van der Waals surface area contributed by atoms with E-state index in [0.717, 1.165) is 22.4 Å². The molecule has 142 valence electrons.